The van der Waals surface area contributed by atoms with Gasteiger partial charge in [0.1, 0.15) is 12.4 Å². The molecule has 4 rings (SSSR count). The van der Waals surface area contributed by atoms with E-state index in [4.69, 9.17) is 10.5 Å². The zero-order valence-electron chi connectivity index (χ0n) is 19.4. The number of aliphatic hydroxyl groups is 1. The Morgan fingerprint density at radius 2 is 1.91 bits per heavy atom. The Morgan fingerprint density at radius 1 is 1.12 bits per heavy atom. The Labute approximate surface area is 198 Å². The van der Waals surface area contributed by atoms with E-state index in [1.165, 1.54) is 6.07 Å². The van der Waals surface area contributed by atoms with Gasteiger partial charge < -0.3 is 25.8 Å². The first kappa shape index (κ1) is 23.7. The molecule has 180 valence electrons. The second-order valence-electron chi connectivity index (χ2n) is 8.71. The zero-order chi connectivity index (χ0) is 24.1. The molecule has 0 atom stereocenters. The summed E-state index contributed by atoms with van der Waals surface area (Å²) in [5.74, 6) is 1.29. The van der Waals surface area contributed by atoms with Gasteiger partial charge in [-0.05, 0) is 50.2 Å². The average molecular weight is 468 g/mol. The van der Waals surface area contributed by atoms with E-state index in [9.17, 15) is 9.50 Å². The fraction of sp³-hybridized carbons (Fsp3) is 0.375. The predicted octanol–water partition coefficient (Wildman–Crippen LogP) is 2.59. The molecular weight excluding hydrogens is 437 g/mol. The van der Waals surface area contributed by atoms with Gasteiger partial charge in [-0.1, -0.05) is 0 Å². The minimum atomic E-state index is -1.24. The first-order valence-corrected chi connectivity index (χ1v) is 11.2. The lowest BCUT2D eigenvalue weighted by Crippen LogP contribution is -2.48. The monoisotopic (exact) mass is 467 g/mol. The standard InChI is InChI=1S/C24H30FN7O2/c1-24(2,33)19-14-17(5-6-20(19)25)29-16-31-10-12-32(13-11-31)22-21(4-3-8-27-22)34-15-18-7-9-28-23(26)30-18/h3-9,14,29,33H,10-13,15-16H2,1-2H3,(H2,26,28,30). The van der Waals surface area contributed by atoms with Crippen LogP contribution in [0.4, 0.5) is 21.8 Å². The zero-order valence-corrected chi connectivity index (χ0v) is 19.4. The number of hydrogen-bond acceptors (Lipinski definition) is 9. The number of hydrogen-bond donors (Lipinski definition) is 3. The molecule has 1 aromatic carbocycles. The molecule has 10 heteroatoms. The molecule has 2 aromatic heterocycles. The Hall–Kier alpha value is -3.50. The summed E-state index contributed by atoms with van der Waals surface area (Å²) in [6.45, 7) is 7.27. The number of benzene rings is 1. The molecule has 0 radical (unpaired) electrons. The van der Waals surface area contributed by atoms with E-state index in [2.05, 4.69) is 30.1 Å². The molecule has 3 aromatic rings. The highest BCUT2D eigenvalue weighted by atomic mass is 19.1. The SMILES string of the molecule is CC(C)(O)c1cc(NCN2CCN(c3ncccc3OCc3ccnc(N)n3)CC2)ccc1F. The lowest BCUT2D eigenvalue weighted by Gasteiger charge is -2.36. The molecule has 1 saturated heterocycles. The van der Waals surface area contributed by atoms with E-state index in [0.717, 1.165) is 37.7 Å². The van der Waals surface area contributed by atoms with E-state index >= 15 is 0 Å². The number of ether oxygens (including phenoxy) is 1. The number of nitrogens with two attached hydrogens (primary N) is 1. The third kappa shape index (κ3) is 5.89. The Kier molecular flexibility index (Phi) is 7.09. The molecule has 0 aliphatic carbocycles. The normalized spacial score (nSPS) is 14.8. The number of aromatic nitrogens is 3. The highest BCUT2D eigenvalue weighted by Gasteiger charge is 2.23. The van der Waals surface area contributed by atoms with Gasteiger partial charge in [0, 0.05) is 49.8 Å². The van der Waals surface area contributed by atoms with Gasteiger partial charge in [-0.2, -0.15) is 0 Å². The van der Waals surface area contributed by atoms with Crippen LogP contribution < -0.4 is 20.7 Å². The number of anilines is 3. The van der Waals surface area contributed by atoms with Crippen LogP contribution in [-0.2, 0) is 12.2 Å². The van der Waals surface area contributed by atoms with Crippen LogP contribution >= 0.6 is 0 Å². The number of rotatable bonds is 8. The third-order valence-electron chi connectivity index (χ3n) is 5.66. The van der Waals surface area contributed by atoms with Crippen LogP contribution in [0.25, 0.3) is 0 Å². The molecule has 4 N–H and O–H groups in total. The largest absolute Gasteiger partial charge is 0.483 e. The molecule has 9 nitrogen and oxygen atoms in total. The number of piperazine rings is 1. The average Bonchev–Trinajstić information content (AvgIpc) is 2.82. The summed E-state index contributed by atoms with van der Waals surface area (Å²) < 4.78 is 20.0. The number of nitrogens with zero attached hydrogens (tertiary/aromatic N) is 5. The van der Waals surface area contributed by atoms with Crippen molar-refractivity contribution in [2.24, 2.45) is 0 Å². The van der Waals surface area contributed by atoms with Gasteiger partial charge in [-0.15, -0.1) is 0 Å². The summed E-state index contributed by atoms with van der Waals surface area (Å²) in [5, 5.41) is 13.5. The molecule has 1 aliphatic rings. The third-order valence-corrected chi connectivity index (χ3v) is 5.66. The van der Waals surface area contributed by atoms with Crippen molar-refractivity contribution in [2.45, 2.75) is 26.1 Å². The number of nitrogen functional groups attached to an aromatic ring is 1. The fourth-order valence-corrected chi connectivity index (χ4v) is 3.80. The summed E-state index contributed by atoms with van der Waals surface area (Å²) in [7, 11) is 0. The van der Waals surface area contributed by atoms with Crippen molar-refractivity contribution in [1.29, 1.82) is 0 Å². The first-order chi connectivity index (χ1) is 16.3. The molecule has 0 saturated carbocycles. The second kappa shape index (κ2) is 10.2. The summed E-state index contributed by atoms with van der Waals surface area (Å²) in [6.07, 6.45) is 3.36. The molecular formula is C24H30FN7O2. The summed E-state index contributed by atoms with van der Waals surface area (Å²) in [5.41, 5.74) is 6.15. The maximum Gasteiger partial charge on any atom is 0.220 e. The topological polar surface area (TPSA) is 113 Å². The van der Waals surface area contributed by atoms with Crippen LogP contribution in [0.5, 0.6) is 5.75 Å². The lowest BCUT2D eigenvalue weighted by molar-refractivity contribution is 0.0746. The number of nitrogens with one attached hydrogen (secondary N) is 1. The highest BCUT2D eigenvalue weighted by Crippen LogP contribution is 2.28. The predicted molar refractivity (Wildman–Crippen MR) is 129 cm³/mol. The van der Waals surface area contributed by atoms with Crippen molar-refractivity contribution in [1.82, 2.24) is 19.9 Å². The lowest BCUT2D eigenvalue weighted by atomic mass is 9.97. The smallest absolute Gasteiger partial charge is 0.220 e. The van der Waals surface area contributed by atoms with Crippen LogP contribution in [0.15, 0.2) is 48.8 Å². The maximum absolute atomic E-state index is 14.0. The number of halogens is 1. The first-order valence-electron chi connectivity index (χ1n) is 11.2. The molecule has 3 heterocycles. The van der Waals surface area contributed by atoms with Gasteiger partial charge >= 0.3 is 0 Å². The summed E-state index contributed by atoms with van der Waals surface area (Å²) >= 11 is 0. The van der Waals surface area contributed by atoms with Gasteiger partial charge in [-0.3, -0.25) is 4.90 Å². The Balaban J connectivity index is 1.32. The van der Waals surface area contributed by atoms with Crippen LogP contribution in [0.2, 0.25) is 0 Å². The van der Waals surface area contributed by atoms with Crippen molar-refractivity contribution in [2.75, 3.05) is 48.8 Å². The minimum Gasteiger partial charge on any atom is -0.483 e. The summed E-state index contributed by atoms with van der Waals surface area (Å²) in [6, 6.07) is 10.2. The Bertz CT molecular complexity index is 1110. The van der Waals surface area contributed by atoms with Gasteiger partial charge in [0.05, 0.1) is 18.0 Å². The Morgan fingerprint density at radius 3 is 2.65 bits per heavy atom. The van der Waals surface area contributed by atoms with Crippen LogP contribution in [0.3, 0.4) is 0 Å². The molecule has 0 amide bonds. The van der Waals surface area contributed by atoms with Crippen molar-refractivity contribution < 1.29 is 14.2 Å². The molecule has 0 unspecified atom stereocenters. The van der Waals surface area contributed by atoms with Crippen molar-refractivity contribution in [3.05, 3.63) is 65.9 Å². The van der Waals surface area contributed by atoms with E-state index in [1.807, 2.05) is 12.1 Å². The molecule has 0 spiro atoms. The fourth-order valence-electron chi connectivity index (χ4n) is 3.80. The van der Waals surface area contributed by atoms with Gasteiger partial charge in [0.2, 0.25) is 5.95 Å². The maximum atomic E-state index is 14.0. The van der Waals surface area contributed by atoms with Crippen molar-refractivity contribution in [3.8, 4) is 5.75 Å². The van der Waals surface area contributed by atoms with Gasteiger partial charge in [0.25, 0.3) is 0 Å². The van der Waals surface area contributed by atoms with E-state index in [-0.39, 0.29) is 18.1 Å². The molecule has 0 bridgehead atoms. The van der Waals surface area contributed by atoms with Crippen LogP contribution in [0, 0.1) is 5.82 Å². The van der Waals surface area contributed by atoms with Crippen LogP contribution in [0.1, 0.15) is 25.1 Å². The molecule has 1 aliphatic heterocycles. The van der Waals surface area contributed by atoms with Crippen molar-refractivity contribution >= 4 is 17.5 Å². The van der Waals surface area contributed by atoms with Crippen LogP contribution in [-0.4, -0.2) is 57.8 Å². The highest BCUT2D eigenvalue weighted by molar-refractivity contribution is 5.52. The number of pyridine rings is 1. The van der Waals surface area contributed by atoms with E-state index in [0.29, 0.717) is 18.1 Å². The molecule has 34 heavy (non-hydrogen) atoms. The van der Waals surface area contributed by atoms with Gasteiger partial charge in [-0.25, -0.2) is 19.3 Å². The summed E-state index contributed by atoms with van der Waals surface area (Å²) in [4.78, 5) is 17.1. The molecule has 1 fully saturated rings. The van der Waals surface area contributed by atoms with Gasteiger partial charge in [0.15, 0.2) is 11.6 Å². The quantitative estimate of drug-likeness (QED) is 0.460. The van der Waals surface area contributed by atoms with E-state index in [1.54, 1.807) is 44.4 Å². The van der Waals surface area contributed by atoms with E-state index < -0.39 is 11.4 Å². The minimum absolute atomic E-state index is 0.217. The van der Waals surface area contributed by atoms with Crippen molar-refractivity contribution in [3.63, 3.8) is 0 Å². The second-order valence-corrected chi connectivity index (χ2v) is 8.71.